The predicted octanol–water partition coefficient (Wildman–Crippen LogP) is 7.62. The highest BCUT2D eigenvalue weighted by molar-refractivity contribution is 7.92. The van der Waals surface area contributed by atoms with Crippen LogP contribution in [0.1, 0.15) is 47.4 Å². The number of hydrogen-bond donors (Lipinski definition) is 1. The van der Waals surface area contributed by atoms with Crippen molar-refractivity contribution >= 4 is 26.6 Å². The Morgan fingerprint density at radius 2 is 1.43 bits per heavy atom. The van der Waals surface area contributed by atoms with E-state index in [9.17, 15) is 13.5 Å². The molecule has 1 unspecified atom stereocenters. The van der Waals surface area contributed by atoms with Crippen LogP contribution in [0.15, 0.2) is 133 Å². The summed E-state index contributed by atoms with van der Waals surface area (Å²) in [5.41, 5.74) is 6.50. The zero-order chi connectivity index (χ0) is 35.6. The summed E-state index contributed by atoms with van der Waals surface area (Å²) in [7, 11) is -3.58. The molecule has 9 heteroatoms. The highest BCUT2D eigenvalue weighted by atomic mass is 32.2. The largest absolute Gasteiger partial charge is 0.492 e. The van der Waals surface area contributed by atoms with Gasteiger partial charge in [-0.3, -0.25) is 13.9 Å². The SMILES string of the molecule is CCCc1nn(Cc2ccccc2)c2cc(OCCN(Cc3ccccc3)CC(O)c3cccc(N(Cc4ccccc4)S(C)(=O)=O)c3)ccc12. The maximum absolute atomic E-state index is 12.9. The smallest absolute Gasteiger partial charge is 0.232 e. The topological polar surface area (TPSA) is 87.9 Å². The normalized spacial score (nSPS) is 12.3. The molecule has 8 nitrogen and oxygen atoms in total. The molecular weight excluding hydrogens is 657 g/mol. The van der Waals surface area contributed by atoms with Crippen LogP contribution in [0.4, 0.5) is 5.69 Å². The molecule has 264 valence electrons. The molecular formula is C42H46N4O4S. The van der Waals surface area contributed by atoms with Crippen LogP contribution in [0.5, 0.6) is 5.75 Å². The Balaban J connectivity index is 1.18. The van der Waals surface area contributed by atoms with Gasteiger partial charge in [0.15, 0.2) is 0 Å². The first-order chi connectivity index (χ1) is 24.8. The van der Waals surface area contributed by atoms with Gasteiger partial charge in [0.2, 0.25) is 10.0 Å². The van der Waals surface area contributed by atoms with Crippen molar-refractivity contribution in [1.82, 2.24) is 14.7 Å². The number of aryl methyl sites for hydroxylation is 1. The van der Waals surface area contributed by atoms with Crippen molar-refractivity contribution in [3.63, 3.8) is 0 Å². The van der Waals surface area contributed by atoms with Crippen LogP contribution in [0.25, 0.3) is 10.9 Å². The summed E-state index contributed by atoms with van der Waals surface area (Å²) in [5, 5.41) is 17.7. The van der Waals surface area contributed by atoms with Gasteiger partial charge in [-0.2, -0.15) is 5.10 Å². The maximum Gasteiger partial charge on any atom is 0.232 e. The summed E-state index contributed by atoms with van der Waals surface area (Å²) in [6, 6.07) is 43.4. The van der Waals surface area contributed by atoms with Gasteiger partial charge in [-0.25, -0.2) is 8.42 Å². The Hall–Kier alpha value is -4.96. The minimum Gasteiger partial charge on any atom is -0.492 e. The lowest BCUT2D eigenvalue weighted by Crippen LogP contribution is -2.32. The number of ether oxygens (including phenoxy) is 1. The zero-order valence-electron chi connectivity index (χ0n) is 29.3. The van der Waals surface area contributed by atoms with Crippen LogP contribution in [0, 0.1) is 0 Å². The van der Waals surface area contributed by atoms with Gasteiger partial charge in [0.05, 0.1) is 42.3 Å². The Morgan fingerprint density at radius 1 is 0.784 bits per heavy atom. The van der Waals surface area contributed by atoms with E-state index in [-0.39, 0.29) is 6.54 Å². The van der Waals surface area contributed by atoms with Gasteiger partial charge in [0.25, 0.3) is 0 Å². The molecule has 0 amide bonds. The first-order valence-corrected chi connectivity index (χ1v) is 19.3. The van der Waals surface area contributed by atoms with Gasteiger partial charge in [-0.15, -0.1) is 0 Å². The van der Waals surface area contributed by atoms with Gasteiger partial charge in [0.1, 0.15) is 12.4 Å². The number of aromatic nitrogens is 2. The lowest BCUT2D eigenvalue weighted by molar-refractivity contribution is 0.0986. The summed E-state index contributed by atoms with van der Waals surface area (Å²) in [5.74, 6) is 0.770. The van der Waals surface area contributed by atoms with E-state index >= 15 is 0 Å². The van der Waals surface area contributed by atoms with Crippen molar-refractivity contribution in [2.75, 3.05) is 30.3 Å². The lowest BCUT2D eigenvalue weighted by atomic mass is 10.1. The van der Waals surface area contributed by atoms with Crippen LogP contribution >= 0.6 is 0 Å². The molecule has 0 fully saturated rings. The van der Waals surface area contributed by atoms with E-state index in [1.165, 1.54) is 16.1 Å². The van der Waals surface area contributed by atoms with Gasteiger partial charge in [-0.1, -0.05) is 116 Å². The van der Waals surface area contributed by atoms with E-state index in [0.717, 1.165) is 46.3 Å². The summed E-state index contributed by atoms with van der Waals surface area (Å²) < 4.78 is 35.5. The highest BCUT2D eigenvalue weighted by Gasteiger charge is 2.21. The number of rotatable bonds is 17. The Bertz CT molecular complexity index is 2110. The molecule has 0 aliphatic rings. The van der Waals surface area contributed by atoms with Crippen LogP contribution in [-0.4, -0.2) is 54.2 Å². The second-order valence-corrected chi connectivity index (χ2v) is 14.9. The summed E-state index contributed by atoms with van der Waals surface area (Å²) in [6.07, 6.45) is 2.29. The third kappa shape index (κ3) is 9.64. The van der Waals surface area contributed by atoms with E-state index in [0.29, 0.717) is 44.0 Å². The molecule has 5 aromatic carbocycles. The monoisotopic (exact) mass is 702 g/mol. The Morgan fingerprint density at radius 3 is 2.08 bits per heavy atom. The van der Waals surface area contributed by atoms with Crippen LogP contribution in [0.2, 0.25) is 0 Å². The number of aliphatic hydroxyl groups excluding tert-OH is 1. The second-order valence-electron chi connectivity index (χ2n) is 13.0. The van der Waals surface area contributed by atoms with Crippen molar-refractivity contribution in [3.8, 4) is 5.75 Å². The number of nitrogens with zero attached hydrogens (tertiary/aromatic N) is 4. The van der Waals surface area contributed by atoms with Crippen molar-refractivity contribution in [2.45, 2.75) is 45.5 Å². The van der Waals surface area contributed by atoms with Gasteiger partial charge in [0, 0.05) is 31.1 Å². The van der Waals surface area contributed by atoms with Crippen LogP contribution in [-0.2, 0) is 36.1 Å². The fourth-order valence-electron chi connectivity index (χ4n) is 6.37. The molecule has 0 saturated carbocycles. The average molecular weight is 703 g/mol. The van der Waals surface area contributed by atoms with Gasteiger partial charge in [-0.05, 0) is 52.9 Å². The van der Waals surface area contributed by atoms with E-state index in [4.69, 9.17) is 9.84 Å². The number of anilines is 1. The van der Waals surface area contributed by atoms with E-state index in [2.05, 4.69) is 52.9 Å². The van der Waals surface area contributed by atoms with Gasteiger partial charge >= 0.3 is 0 Å². The molecule has 0 bridgehead atoms. The van der Waals surface area contributed by atoms with Crippen LogP contribution < -0.4 is 9.04 Å². The second kappa shape index (κ2) is 16.8. The number of aliphatic hydroxyl groups is 1. The highest BCUT2D eigenvalue weighted by Crippen LogP contribution is 2.27. The fraction of sp³-hybridized carbons (Fsp3) is 0.262. The number of fused-ring (bicyclic) bond motifs is 1. The molecule has 0 radical (unpaired) electrons. The van der Waals surface area contributed by atoms with E-state index < -0.39 is 16.1 Å². The third-order valence-electron chi connectivity index (χ3n) is 8.93. The fourth-order valence-corrected chi connectivity index (χ4v) is 7.25. The van der Waals surface area contributed by atoms with E-state index in [1.54, 1.807) is 18.2 Å². The molecule has 1 heterocycles. The predicted molar refractivity (Wildman–Crippen MR) is 205 cm³/mol. The molecule has 0 spiro atoms. The molecule has 6 rings (SSSR count). The number of sulfonamides is 1. The number of benzene rings is 5. The van der Waals surface area contributed by atoms with Gasteiger partial charge < -0.3 is 9.84 Å². The van der Waals surface area contributed by atoms with Crippen molar-refractivity contribution in [2.24, 2.45) is 0 Å². The summed E-state index contributed by atoms with van der Waals surface area (Å²) in [6.45, 7) is 5.00. The minimum atomic E-state index is -3.58. The lowest BCUT2D eigenvalue weighted by Gasteiger charge is -2.27. The summed E-state index contributed by atoms with van der Waals surface area (Å²) in [4.78, 5) is 2.17. The molecule has 6 aromatic rings. The Kier molecular flexibility index (Phi) is 11.8. The Labute approximate surface area is 301 Å². The molecule has 0 aliphatic heterocycles. The third-order valence-corrected chi connectivity index (χ3v) is 10.1. The van der Waals surface area contributed by atoms with Crippen molar-refractivity contribution < 1.29 is 18.3 Å². The minimum absolute atomic E-state index is 0.204. The molecule has 51 heavy (non-hydrogen) atoms. The standard InChI is InChI=1S/C42H46N4O4S/c1-3-14-40-39-24-23-38(28-41(39)45(43-40)30-34-17-9-5-10-18-34)50-26-25-44(29-33-15-7-4-8-16-33)32-42(47)36-21-13-22-37(27-36)46(51(2,48)49)31-35-19-11-6-12-20-35/h4-13,15-24,27-28,42,47H,3,14,25-26,29-32H2,1-2H3. The number of hydrogen-bond acceptors (Lipinski definition) is 6. The quantitative estimate of drug-likeness (QED) is 0.105. The van der Waals surface area contributed by atoms with Crippen LogP contribution in [0.3, 0.4) is 0 Å². The first kappa shape index (κ1) is 35.9. The maximum atomic E-state index is 12.9. The van der Waals surface area contributed by atoms with Crippen molar-refractivity contribution in [3.05, 3.63) is 161 Å². The molecule has 0 saturated heterocycles. The molecule has 1 atom stereocenters. The first-order valence-electron chi connectivity index (χ1n) is 17.5. The molecule has 1 aromatic heterocycles. The molecule has 0 aliphatic carbocycles. The van der Waals surface area contributed by atoms with Crippen molar-refractivity contribution in [1.29, 1.82) is 0 Å². The summed E-state index contributed by atoms with van der Waals surface area (Å²) >= 11 is 0. The molecule has 1 N–H and O–H groups in total. The zero-order valence-corrected chi connectivity index (χ0v) is 30.1. The van der Waals surface area contributed by atoms with E-state index in [1.807, 2.05) is 78.9 Å². The average Bonchev–Trinajstić information content (AvgIpc) is 3.47.